The average molecular weight is 787 g/mol. The molecule has 290 valence electrons. The summed E-state index contributed by atoms with van der Waals surface area (Å²) in [5.74, 6) is 4.03. The molecule has 0 spiro atoms. The van der Waals surface area contributed by atoms with Gasteiger partial charge in [-0.05, 0) is 109 Å². The van der Waals surface area contributed by atoms with E-state index in [1.54, 1.807) is 24.3 Å². The molecule has 0 N–H and O–H groups in total. The van der Waals surface area contributed by atoms with Gasteiger partial charge in [-0.15, -0.1) is 0 Å². The van der Waals surface area contributed by atoms with Gasteiger partial charge in [0.25, 0.3) is 0 Å². The minimum Gasteiger partial charge on any atom is -0.457 e. The number of hydrogen-bond donors (Lipinski definition) is 0. The van der Waals surface area contributed by atoms with Crippen LogP contribution in [-0.4, -0.2) is 11.9 Å². The number of benzene rings is 8. The highest BCUT2D eigenvalue weighted by atomic mass is 16.6. The van der Waals surface area contributed by atoms with Crippen molar-refractivity contribution in [1.82, 2.24) is 0 Å². The Morgan fingerprint density at radius 1 is 0.283 bits per heavy atom. The molecule has 0 bridgehead atoms. The van der Waals surface area contributed by atoms with Crippen LogP contribution in [0.2, 0.25) is 0 Å². The van der Waals surface area contributed by atoms with Crippen molar-refractivity contribution in [2.75, 3.05) is 0 Å². The van der Waals surface area contributed by atoms with E-state index in [4.69, 9.17) is 28.4 Å². The van der Waals surface area contributed by atoms with Gasteiger partial charge >= 0.3 is 11.9 Å². The first-order valence-corrected chi connectivity index (χ1v) is 19.4. The maximum Gasteiger partial charge on any atom is 0.339 e. The first-order chi connectivity index (χ1) is 29.5. The van der Waals surface area contributed by atoms with Crippen LogP contribution in [0.1, 0.15) is 43.0 Å². The van der Waals surface area contributed by atoms with Gasteiger partial charge in [-0.2, -0.15) is 0 Å². The molecule has 0 aromatic heterocycles. The summed E-state index contributed by atoms with van der Waals surface area (Å²) in [4.78, 5) is 28.0. The fraction of sp³-hybridized carbons (Fsp3) is 0.0385. The van der Waals surface area contributed by atoms with Crippen molar-refractivity contribution in [1.29, 1.82) is 0 Å². The van der Waals surface area contributed by atoms with Gasteiger partial charge in [0.05, 0.1) is 11.1 Å². The Morgan fingerprint density at radius 2 is 0.533 bits per heavy atom. The zero-order chi connectivity index (χ0) is 40.5. The SMILES string of the molecule is O=C1OC(c2ccc(Oc3ccc(Oc4ccccc4)cc3)cc2)(C2(c3ccc(Oc4ccc(Oc5ccccc5)cc4)cc3)OC(=O)c3ccccc32)c2ccccc21. The molecule has 8 aromatic rings. The van der Waals surface area contributed by atoms with Gasteiger partial charge in [-0.3, -0.25) is 0 Å². The van der Waals surface area contributed by atoms with Crippen molar-refractivity contribution in [3.63, 3.8) is 0 Å². The van der Waals surface area contributed by atoms with E-state index in [0.29, 0.717) is 67.9 Å². The maximum absolute atomic E-state index is 14.0. The van der Waals surface area contributed by atoms with E-state index in [9.17, 15) is 9.59 Å². The normalized spacial score (nSPS) is 17.5. The smallest absolute Gasteiger partial charge is 0.339 e. The predicted octanol–water partition coefficient (Wildman–Crippen LogP) is 12.4. The van der Waals surface area contributed by atoms with Gasteiger partial charge in [-0.1, -0.05) is 97.1 Å². The maximum atomic E-state index is 14.0. The summed E-state index contributed by atoms with van der Waals surface area (Å²) in [7, 11) is 0. The van der Waals surface area contributed by atoms with E-state index in [1.807, 2.05) is 182 Å². The van der Waals surface area contributed by atoms with Crippen molar-refractivity contribution < 1.29 is 38.0 Å². The highest BCUT2D eigenvalue weighted by Gasteiger charge is 2.68. The second kappa shape index (κ2) is 15.0. The summed E-state index contributed by atoms with van der Waals surface area (Å²) in [6, 6.07) is 62.8. The molecule has 2 aliphatic rings. The molecule has 8 aromatic carbocycles. The lowest BCUT2D eigenvalue weighted by Crippen LogP contribution is -2.51. The second-order valence-electron chi connectivity index (χ2n) is 14.3. The molecule has 0 fully saturated rings. The first-order valence-electron chi connectivity index (χ1n) is 19.4. The van der Waals surface area contributed by atoms with Gasteiger partial charge in [0.1, 0.15) is 46.0 Å². The molecule has 0 aliphatic carbocycles. The summed E-state index contributed by atoms with van der Waals surface area (Å²) in [5, 5.41) is 0. The third-order valence-corrected chi connectivity index (χ3v) is 10.6. The lowest BCUT2D eigenvalue weighted by molar-refractivity contribution is -0.112. The lowest BCUT2D eigenvalue weighted by atomic mass is 9.66. The van der Waals surface area contributed by atoms with Crippen LogP contribution >= 0.6 is 0 Å². The van der Waals surface area contributed by atoms with Gasteiger partial charge in [0.15, 0.2) is 0 Å². The molecular weight excluding hydrogens is 753 g/mol. The largest absolute Gasteiger partial charge is 0.457 e. The molecule has 0 saturated heterocycles. The summed E-state index contributed by atoms with van der Waals surface area (Å²) >= 11 is 0. The van der Waals surface area contributed by atoms with Gasteiger partial charge in [0.2, 0.25) is 11.2 Å². The number of carbonyl (C=O) groups is 2. The number of esters is 2. The zero-order valence-electron chi connectivity index (χ0n) is 31.9. The quantitative estimate of drug-likeness (QED) is 0.120. The Bertz CT molecular complexity index is 2630. The third-order valence-electron chi connectivity index (χ3n) is 10.6. The van der Waals surface area contributed by atoms with Crippen LogP contribution in [-0.2, 0) is 20.7 Å². The fourth-order valence-electron chi connectivity index (χ4n) is 7.98. The molecule has 2 atom stereocenters. The van der Waals surface area contributed by atoms with Crippen LogP contribution < -0.4 is 18.9 Å². The first kappa shape index (κ1) is 36.3. The van der Waals surface area contributed by atoms with Crippen molar-refractivity contribution in [2.24, 2.45) is 0 Å². The van der Waals surface area contributed by atoms with Crippen molar-refractivity contribution in [2.45, 2.75) is 11.2 Å². The summed E-state index contributed by atoms with van der Waals surface area (Å²) in [5.41, 5.74) is -0.320. The number of ether oxygens (including phenoxy) is 6. The van der Waals surface area contributed by atoms with Crippen LogP contribution in [0, 0.1) is 0 Å². The molecule has 2 aliphatic heterocycles. The fourth-order valence-corrected chi connectivity index (χ4v) is 7.98. The van der Waals surface area contributed by atoms with E-state index in [2.05, 4.69) is 0 Å². The summed E-state index contributed by atoms with van der Waals surface area (Å²) in [6.07, 6.45) is 0. The predicted molar refractivity (Wildman–Crippen MR) is 224 cm³/mol. The Hall–Kier alpha value is -8.10. The molecule has 8 heteroatoms. The monoisotopic (exact) mass is 786 g/mol. The Labute approximate surface area is 345 Å². The van der Waals surface area contributed by atoms with E-state index in [-0.39, 0.29) is 0 Å². The van der Waals surface area contributed by atoms with Crippen LogP contribution in [0.25, 0.3) is 0 Å². The molecule has 2 heterocycles. The van der Waals surface area contributed by atoms with Gasteiger partial charge in [-0.25, -0.2) is 9.59 Å². The standard InChI is InChI=1S/C52H34O8/c53-49-45-15-7-9-17-47(45)51(59-49,35-19-23-39(24-20-35)57-43-31-27-41(28-32-43)55-37-11-3-1-4-12-37)52(48-18-10-8-16-46(48)50(54)60-52)36-21-25-40(26-22-36)58-44-33-29-42(30-34-44)56-38-13-5-2-6-14-38/h1-34H. The Kier molecular flexibility index (Phi) is 9.07. The Balaban J connectivity index is 1.01. The molecule has 2 unspecified atom stereocenters. The van der Waals surface area contributed by atoms with Gasteiger partial charge in [0, 0.05) is 22.3 Å². The average Bonchev–Trinajstić information content (AvgIpc) is 3.78. The second-order valence-corrected chi connectivity index (χ2v) is 14.3. The number of para-hydroxylation sites is 2. The highest BCUT2D eigenvalue weighted by molar-refractivity contribution is 5.99. The van der Waals surface area contributed by atoms with Crippen LogP contribution in [0.15, 0.2) is 206 Å². The topological polar surface area (TPSA) is 89.5 Å². The number of hydrogen-bond acceptors (Lipinski definition) is 8. The molecule has 10 rings (SSSR count). The number of rotatable bonds is 11. The minimum absolute atomic E-state index is 0.370. The lowest BCUT2D eigenvalue weighted by Gasteiger charge is -2.45. The van der Waals surface area contributed by atoms with Crippen LogP contribution in [0.4, 0.5) is 0 Å². The molecule has 0 amide bonds. The minimum atomic E-state index is -1.66. The zero-order valence-corrected chi connectivity index (χ0v) is 31.9. The number of fused-ring (bicyclic) bond motifs is 2. The van der Waals surface area contributed by atoms with Crippen molar-refractivity contribution in [3.05, 3.63) is 240 Å². The molecule has 0 radical (unpaired) electrons. The molecule has 60 heavy (non-hydrogen) atoms. The Morgan fingerprint density at radius 3 is 0.850 bits per heavy atom. The van der Waals surface area contributed by atoms with E-state index >= 15 is 0 Å². The van der Waals surface area contributed by atoms with E-state index in [0.717, 1.165) is 11.5 Å². The number of carbonyl (C=O) groups excluding carboxylic acids is 2. The van der Waals surface area contributed by atoms with Gasteiger partial charge < -0.3 is 28.4 Å². The van der Waals surface area contributed by atoms with Crippen LogP contribution in [0.3, 0.4) is 0 Å². The van der Waals surface area contributed by atoms with E-state index < -0.39 is 23.1 Å². The third kappa shape index (κ3) is 6.37. The van der Waals surface area contributed by atoms with Crippen molar-refractivity contribution >= 4 is 11.9 Å². The molecule has 0 saturated carbocycles. The van der Waals surface area contributed by atoms with Crippen molar-refractivity contribution in [3.8, 4) is 46.0 Å². The number of cyclic esters (lactones) is 2. The molecular formula is C52H34O8. The van der Waals surface area contributed by atoms with Crippen LogP contribution in [0.5, 0.6) is 46.0 Å². The summed E-state index contributed by atoms with van der Waals surface area (Å²) in [6.45, 7) is 0. The molecule has 8 nitrogen and oxygen atoms in total. The summed E-state index contributed by atoms with van der Waals surface area (Å²) < 4.78 is 37.7. The highest BCUT2D eigenvalue weighted by Crippen LogP contribution is 2.61. The van der Waals surface area contributed by atoms with E-state index in [1.165, 1.54) is 0 Å².